The molecule has 0 aromatic heterocycles. The third-order valence-electron chi connectivity index (χ3n) is 2.70. The van der Waals surface area contributed by atoms with Crippen LogP contribution in [0.15, 0.2) is 0 Å². The predicted octanol–water partition coefficient (Wildman–Crippen LogP) is 1.88. The first-order chi connectivity index (χ1) is 7.83. The minimum Gasteiger partial charge on any atom is -0.444 e. The molecule has 17 heavy (non-hydrogen) atoms. The minimum absolute atomic E-state index is 0.187. The summed E-state index contributed by atoms with van der Waals surface area (Å²) in [6, 6.07) is -0.187. The Balaban J connectivity index is 2.54. The molecule has 0 heterocycles. The number of hydrogen-bond acceptors (Lipinski definition) is 3. The zero-order valence-electron chi connectivity index (χ0n) is 10.6. The molecular formula is C13H19NO3. The lowest BCUT2D eigenvalue weighted by Gasteiger charge is -2.23. The molecule has 2 unspecified atom stereocenters. The number of carbonyl (C=O) groups is 2. The number of ether oxygens (including phenoxy) is 1. The molecule has 0 aromatic carbocycles. The van der Waals surface area contributed by atoms with Crippen LogP contribution in [-0.2, 0) is 9.53 Å². The van der Waals surface area contributed by atoms with Gasteiger partial charge in [-0.1, -0.05) is 6.42 Å². The minimum atomic E-state index is -0.533. The molecule has 1 fully saturated rings. The smallest absolute Gasteiger partial charge is 0.407 e. The highest BCUT2D eigenvalue weighted by Crippen LogP contribution is 2.26. The zero-order chi connectivity index (χ0) is 13.1. The van der Waals surface area contributed by atoms with Crippen LogP contribution in [0.1, 0.15) is 40.0 Å². The second kappa shape index (κ2) is 5.22. The third kappa shape index (κ3) is 4.10. The van der Waals surface area contributed by atoms with Crippen LogP contribution in [0.2, 0.25) is 0 Å². The molecule has 1 amide bonds. The molecule has 1 saturated carbocycles. The van der Waals surface area contributed by atoms with Crippen LogP contribution in [-0.4, -0.2) is 23.5 Å². The zero-order valence-corrected chi connectivity index (χ0v) is 10.6. The van der Waals surface area contributed by atoms with Gasteiger partial charge < -0.3 is 10.1 Å². The molecule has 0 bridgehead atoms. The van der Waals surface area contributed by atoms with Gasteiger partial charge in [-0.2, -0.15) is 0 Å². The van der Waals surface area contributed by atoms with Crippen LogP contribution >= 0.6 is 0 Å². The number of ketones is 1. The van der Waals surface area contributed by atoms with Gasteiger partial charge in [0.1, 0.15) is 5.60 Å². The first-order valence-corrected chi connectivity index (χ1v) is 5.83. The van der Waals surface area contributed by atoms with Crippen molar-refractivity contribution >= 4 is 11.9 Å². The van der Waals surface area contributed by atoms with Gasteiger partial charge in [-0.15, -0.1) is 6.42 Å². The van der Waals surface area contributed by atoms with E-state index in [4.69, 9.17) is 11.2 Å². The highest BCUT2D eigenvalue weighted by atomic mass is 16.6. The van der Waals surface area contributed by atoms with Gasteiger partial charge in [-0.05, 0) is 39.5 Å². The normalized spacial score (nSPS) is 23.9. The summed E-state index contributed by atoms with van der Waals surface area (Å²) < 4.78 is 5.15. The summed E-state index contributed by atoms with van der Waals surface area (Å²) in [7, 11) is 0. The Bertz CT molecular complexity index is 349. The highest BCUT2D eigenvalue weighted by Gasteiger charge is 2.34. The van der Waals surface area contributed by atoms with E-state index < -0.39 is 11.7 Å². The van der Waals surface area contributed by atoms with Crippen molar-refractivity contribution < 1.29 is 14.3 Å². The molecule has 0 radical (unpaired) electrons. The highest BCUT2D eigenvalue weighted by molar-refractivity contribution is 5.97. The Morgan fingerprint density at radius 3 is 2.53 bits per heavy atom. The largest absolute Gasteiger partial charge is 0.444 e. The molecule has 4 heteroatoms. The van der Waals surface area contributed by atoms with Crippen LogP contribution in [0, 0.1) is 18.3 Å². The Morgan fingerprint density at radius 2 is 2.00 bits per heavy atom. The van der Waals surface area contributed by atoms with Gasteiger partial charge in [0.15, 0.2) is 0 Å². The van der Waals surface area contributed by atoms with E-state index in [-0.39, 0.29) is 17.7 Å². The van der Waals surface area contributed by atoms with E-state index in [2.05, 4.69) is 11.2 Å². The van der Waals surface area contributed by atoms with E-state index in [0.29, 0.717) is 0 Å². The lowest BCUT2D eigenvalue weighted by Crippen LogP contribution is -2.42. The Hall–Kier alpha value is -1.50. The number of rotatable bonds is 2. The topological polar surface area (TPSA) is 55.4 Å². The molecule has 0 aromatic rings. The van der Waals surface area contributed by atoms with E-state index in [1.165, 1.54) is 0 Å². The lowest BCUT2D eigenvalue weighted by molar-refractivity contribution is -0.117. The fourth-order valence-electron chi connectivity index (χ4n) is 2.01. The van der Waals surface area contributed by atoms with Gasteiger partial charge in [-0.25, -0.2) is 4.79 Å². The summed E-state index contributed by atoms with van der Waals surface area (Å²) in [6.45, 7) is 5.39. The number of hydrogen-bond donors (Lipinski definition) is 1. The Kier molecular flexibility index (Phi) is 4.17. The van der Waals surface area contributed by atoms with E-state index in [1.54, 1.807) is 20.8 Å². The number of carbonyl (C=O) groups excluding carboxylic acids is 2. The van der Waals surface area contributed by atoms with Crippen LogP contribution in [0.25, 0.3) is 0 Å². The quantitative estimate of drug-likeness (QED) is 0.589. The van der Waals surface area contributed by atoms with E-state index in [1.807, 2.05) is 0 Å². The van der Waals surface area contributed by atoms with Crippen LogP contribution in [0.5, 0.6) is 0 Å². The summed E-state index contributed by atoms with van der Waals surface area (Å²) >= 11 is 0. The summed E-state index contributed by atoms with van der Waals surface area (Å²) in [6.07, 6.45) is 7.03. The molecule has 0 saturated heterocycles. The second-order valence-electron chi connectivity index (χ2n) is 5.30. The van der Waals surface area contributed by atoms with Gasteiger partial charge in [0.25, 0.3) is 0 Å². The number of amides is 1. The number of terminal acetylenes is 1. The fourth-order valence-corrected chi connectivity index (χ4v) is 2.01. The summed E-state index contributed by atoms with van der Waals surface area (Å²) in [5.74, 6) is 1.64. The summed E-state index contributed by atoms with van der Waals surface area (Å²) in [5, 5.41) is 2.72. The maximum atomic E-state index is 11.6. The van der Waals surface area contributed by atoms with Crippen molar-refractivity contribution in [1.82, 2.24) is 5.32 Å². The summed E-state index contributed by atoms with van der Waals surface area (Å²) in [4.78, 5) is 23.0. The van der Waals surface area contributed by atoms with Crippen LogP contribution in [0.4, 0.5) is 4.79 Å². The maximum absolute atomic E-state index is 11.6. The number of Topliss-reactive ketones (excluding diaryl/α,β-unsaturated/α-hetero) is 1. The van der Waals surface area contributed by atoms with Gasteiger partial charge in [-0.3, -0.25) is 4.79 Å². The van der Waals surface area contributed by atoms with Crippen molar-refractivity contribution in [2.24, 2.45) is 5.92 Å². The molecule has 94 valence electrons. The molecule has 0 spiro atoms. The number of alkyl carbamates (subject to hydrolysis) is 1. The molecule has 1 rings (SSSR count). The van der Waals surface area contributed by atoms with E-state index in [0.717, 1.165) is 19.3 Å². The van der Waals surface area contributed by atoms with Crippen molar-refractivity contribution in [2.45, 2.75) is 51.7 Å². The van der Waals surface area contributed by atoms with Gasteiger partial charge in [0, 0.05) is 6.04 Å². The molecule has 2 atom stereocenters. The molecule has 1 N–H and O–H groups in total. The van der Waals surface area contributed by atoms with Crippen molar-refractivity contribution in [2.75, 3.05) is 0 Å². The summed E-state index contributed by atoms with van der Waals surface area (Å²) in [5.41, 5.74) is -0.533. The fraction of sp³-hybridized carbons (Fsp3) is 0.692. The average molecular weight is 237 g/mol. The van der Waals surface area contributed by atoms with Gasteiger partial charge in [0.05, 0.1) is 5.92 Å². The van der Waals surface area contributed by atoms with Gasteiger partial charge >= 0.3 is 6.09 Å². The van der Waals surface area contributed by atoms with Crippen molar-refractivity contribution in [3.8, 4) is 12.3 Å². The molecule has 4 nitrogen and oxygen atoms in total. The maximum Gasteiger partial charge on any atom is 0.407 e. The number of nitrogens with one attached hydrogen (secondary N) is 1. The Labute approximate surface area is 102 Å². The standard InChI is InChI=1S/C13H19NO3/c1-5-11(15)9-7-6-8-10(9)14-12(16)17-13(2,3)4/h1,9-10H,6-8H2,2-4H3,(H,14,16). The Morgan fingerprint density at radius 1 is 1.35 bits per heavy atom. The molecular weight excluding hydrogens is 218 g/mol. The molecule has 1 aliphatic rings. The predicted molar refractivity (Wildman–Crippen MR) is 64.3 cm³/mol. The lowest BCUT2D eigenvalue weighted by atomic mass is 9.99. The van der Waals surface area contributed by atoms with Crippen molar-refractivity contribution in [1.29, 1.82) is 0 Å². The van der Waals surface area contributed by atoms with Crippen LogP contribution in [0.3, 0.4) is 0 Å². The monoisotopic (exact) mass is 237 g/mol. The average Bonchev–Trinajstić information content (AvgIpc) is 2.61. The SMILES string of the molecule is C#CC(=O)C1CCCC1NC(=O)OC(C)(C)C. The molecule has 1 aliphatic carbocycles. The van der Waals surface area contributed by atoms with Gasteiger partial charge in [0.2, 0.25) is 5.78 Å². The van der Waals surface area contributed by atoms with E-state index in [9.17, 15) is 9.59 Å². The first-order valence-electron chi connectivity index (χ1n) is 5.83. The third-order valence-corrected chi connectivity index (χ3v) is 2.70. The first kappa shape index (κ1) is 13.6. The molecule has 0 aliphatic heterocycles. The van der Waals surface area contributed by atoms with Crippen LogP contribution < -0.4 is 5.32 Å². The van der Waals surface area contributed by atoms with Crippen molar-refractivity contribution in [3.05, 3.63) is 0 Å². The van der Waals surface area contributed by atoms with Crippen molar-refractivity contribution in [3.63, 3.8) is 0 Å². The van der Waals surface area contributed by atoms with E-state index >= 15 is 0 Å². The second-order valence-corrected chi connectivity index (χ2v) is 5.30.